The molecule has 2 N–H and O–H groups in total. The number of hydrogen-bond acceptors (Lipinski definition) is 4. The molecule has 0 atom stereocenters. The van der Waals surface area contributed by atoms with Crippen molar-refractivity contribution < 1.29 is 4.74 Å². The molecule has 28 heavy (non-hydrogen) atoms. The fourth-order valence-electron chi connectivity index (χ4n) is 5.06. The number of likely N-dealkylation sites (tertiary alicyclic amines) is 1. The lowest BCUT2D eigenvalue weighted by Gasteiger charge is -2.47. The fourth-order valence-corrected chi connectivity index (χ4v) is 5.06. The van der Waals surface area contributed by atoms with Gasteiger partial charge >= 0.3 is 0 Å². The van der Waals surface area contributed by atoms with Crippen LogP contribution in [0.25, 0.3) is 0 Å². The first kappa shape index (κ1) is 21.8. The van der Waals surface area contributed by atoms with Crippen LogP contribution in [-0.4, -0.2) is 86.9 Å². The third-order valence-electron chi connectivity index (χ3n) is 6.73. The van der Waals surface area contributed by atoms with Gasteiger partial charge in [-0.25, -0.2) is 0 Å². The molecular formula is C22H43N5O. The monoisotopic (exact) mass is 393 g/mol. The van der Waals surface area contributed by atoms with E-state index in [0.717, 1.165) is 51.9 Å². The Morgan fingerprint density at radius 3 is 2.39 bits per heavy atom. The van der Waals surface area contributed by atoms with Gasteiger partial charge in [0.2, 0.25) is 0 Å². The maximum atomic E-state index is 5.61. The van der Waals surface area contributed by atoms with Crippen LogP contribution in [0.4, 0.5) is 0 Å². The van der Waals surface area contributed by atoms with Gasteiger partial charge < -0.3 is 20.3 Å². The van der Waals surface area contributed by atoms with E-state index in [2.05, 4.69) is 27.4 Å². The van der Waals surface area contributed by atoms with Crippen LogP contribution in [0.3, 0.4) is 0 Å². The van der Waals surface area contributed by atoms with E-state index >= 15 is 0 Å². The van der Waals surface area contributed by atoms with Gasteiger partial charge in [0, 0.05) is 31.7 Å². The van der Waals surface area contributed by atoms with E-state index in [4.69, 9.17) is 9.73 Å². The first-order chi connectivity index (χ1) is 13.8. The summed E-state index contributed by atoms with van der Waals surface area (Å²) in [4.78, 5) is 10.3. The fraction of sp³-hybridized carbons (Fsp3) is 0.955. The van der Waals surface area contributed by atoms with Crippen LogP contribution in [0, 0.1) is 0 Å². The summed E-state index contributed by atoms with van der Waals surface area (Å²) in [6.45, 7) is 12.8. The maximum Gasteiger partial charge on any atom is 0.191 e. The number of nitrogens with one attached hydrogen (secondary N) is 2. The zero-order chi connectivity index (χ0) is 19.5. The molecule has 3 fully saturated rings. The molecule has 2 heterocycles. The van der Waals surface area contributed by atoms with Crippen LogP contribution in [0.1, 0.15) is 64.7 Å². The minimum atomic E-state index is 0.250. The first-order valence-electron chi connectivity index (χ1n) is 11.9. The van der Waals surface area contributed by atoms with E-state index in [0.29, 0.717) is 0 Å². The van der Waals surface area contributed by atoms with Crippen LogP contribution < -0.4 is 10.6 Å². The molecule has 162 valence electrons. The van der Waals surface area contributed by atoms with E-state index < -0.39 is 0 Å². The van der Waals surface area contributed by atoms with Crippen molar-refractivity contribution in [1.82, 2.24) is 20.4 Å². The van der Waals surface area contributed by atoms with Crippen molar-refractivity contribution in [3.05, 3.63) is 0 Å². The molecule has 0 spiro atoms. The average Bonchev–Trinajstić information content (AvgIpc) is 3.26. The zero-order valence-electron chi connectivity index (χ0n) is 18.2. The molecular weight excluding hydrogens is 350 g/mol. The zero-order valence-corrected chi connectivity index (χ0v) is 18.2. The molecule has 0 aromatic heterocycles. The molecule has 0 bridgehead atoms. The molecule has 2 saturated heterocycles. The Bertz CT molecular complexity index is 452. The highest BCUT2D eigenvalue weighted by Gasteiger charge is 2.38. The van der Waals surface area contributed by atoms with Gasteiger partial charge in [-0.2, -0.15) is 0 Å². The third kappa shape index (κ3) is 6.60. The van der Waals surface area contributed by atoms with Gasteiger partial charge in [-0.1, -0.05) is 19.3 Å². The summed E-state index contributed by atoms with van der Waals surface area (Å²) in [5, 5.41) is 7.04. The third-order valence-corrected chi connectivity index (χ3v) is 6.73. The number of ether oxygens (including phenoxy) is 1. The quantitative estimate of drug-likeness (QED) is 0.358. The standard InChI is InChI=1S/C22H43N5O/c1-2-23-21(24-12-6-7-13-26-14-8-9-15-26)25-20-22(10-4-3-5-11-22)27-16-18-28-19-17-27/h2-20H2,1H3,(H2,23,24,25). The molecule has 3 rings (SSSR count). The lowest BCUT2D eigenvalue weighted by Crippen LogP contribution is -2.56. The van der Waals surface area contributed by atoms with Gasteiger partial charge in [0.1, 0.15) is 0 Å². The second-order valence-corrected chi connectivity index (χ2v) is 8.76. The SMILES string of the molecule is CCNC(=NCC1(N2CCOCC2)CCCCC1)NCCCCN1CCCC1. The smallest absolute Gasteiger partial charge is 0.191 e. The number of nitrogens with zero attached hydrogens (tertiary/aromatic N) is 3. The van der Waals surface area contributed by atoms with Crippen molar-refractivity contribution in [2.45, 2.75) is 70.3 Å². The Labute approximate surface area is 172 Å². The van der Waals surface area contributed by atoms with Gasteiger partial charge in [-0.15, -0.1) is 0 Å². The van der Waals surface area contributed by atoms with Crippen molar-refractivity contribution in [2.24, 2.45) is 4.99 Å². The topological polar surface area (TPSA) is 52.1 Å². The summed E-state index contributed by atoms with van der Waals surface area (Å²) in [6.07, 6.45) is 11.9. The number of aliphatic imine (C=N–C) groups is 1. The molecule has 0 radical (unpaired) electrons. The van der Waals surface area contributed by atoms with Gasteiger partial charge in [0.15, 0.2) is 5.96 Å². The molecule has 1 saturated carbocycles. The van der Waals surface area contributed by atoms with Crippen molar-refractivity contribution >= 4 is 5.96 Å². The van der Waals surface area contributed by atoms with Gasteiger partial charge in [-0.05, 0) is 65.1 Å². The number of guanidine groups is 1. The molecule has 0 aromatic rings. The Kier molecular flexibility index (Phi) is 9.35. The van der Waals surface area contributed by atoms with E-state index in [1.54, 1.807) is 0 Å². The van der Waals surface area contributed by atoms with Crippen molar-refractivity contribution in [3.8, 4) is 0 Å². The Morgan fingerprint density at radius 2 is 1.68 bits per heavy atom. The van der Waals surface area contributed by atoms with Crippen molar-refractivity contribution in [2.75, 3.05) is 65.6 Å². The van der Waals surface area contributed by atoms with Crippen LogP contribution >= 0.6 is 0 Å². The summed E-state index contributed by atoms with van der Waals surface area (Å²) < 4.78 is 5.61. The van der Waals surface area contributed by atoms with Crippen LogP contribution in [-0.2, 0) is 4.74 Å². The molecule has 2 aliphatic heterocycles. The number of hydrogen-bond donors (Lipinski definition) is 2. The van der Waals surface area contributed by atoms with Crippen molar-refractivity contribution in [1.29, 1.82) is 0 Å². The molecule has 3 aliphatic rings. The van der Waals surface area contributed by atoms with Crippen LogP contribution in [0.2, 0.25) is 0 Å². The molecule has 1 aliphatic carbocycles. The first-order valence-corrected chi connectivity index (χ1v) is 11.9. The lowest BCUT2D eigenvalue weighted by molar-refractivity contribution is -0.0333. The Morgan fingerprint density at radius 1 is 0.929 bits per heavy atom. The second-order valence-electron chi connectivity index (χ2n) is 8.76. The summed E-state index contributed by atoms with van der Waals surface area (Å²) in [6, 6.07) is 0. The van der Waals surface area contributed by atoms with E-state index in [1.807, 2.05) is 0 Å². The molecule has 0 unspecified atom stereocenters. The van der Waals surface area contributed by atoms with E-state index in [-0.39, 0.29) is 5.54 Å². The molecule has 6 nitrogen and oxygen atoms in total. The molecule has 0 aromatic carbocycles. The van der Waals surface area contributed by atoms with Crippen LogP contribution in [0.15, 0.2) is 4.99 Å². The molecule has 6 heteroatoms. The van der Waals surface area contributed by atoms with Gasteiger partial charge in [0.25, 0.3) is 0 Å². The highest BCUT2D eigenvalue weighted by molar-refractivity contribution is 5.79. The summed E-state index contributed by atoms with van der Waals surface area (Å²) in [7, 11) is 0. The highest BCUT2D eigenvalue weighted by atomic mass is 16.5. The predicted molar refractivity (Wildman–Crippen MR) is 117 cm³/mol. The number of morpholine rings is 1. The van der Waals surface area contributed by atoms with Crippen LogP contribution in [0.5, 0.6) is 0 Å². The van der Waals surface area contributed by atoms with Gasteiger partial charge in [0.05, 0.1) is 19.8 Å². The normalized spacial score (nSPS) is 24.4. The summed E-state index contributed by atoms with van der Waals surface area (Å²) in [5.74, 6) is 1.00. The highest BCUT2D eigenvalue weighted by Crippen LogP contribution is 2.34. The summed E-state index contributed by atoms with van der Waals surface area (Å²) in [5.41, 5.74) is 0.250. The molecule has 0 amide bonds. The van der Waals surface area contributed by atoms with E-state index in [9.17, 15) is 0 Å². The van der Waals surface area contributed by atoms with E-state index in [1.165, 1.54) is 77.4 Å². The van der Waals surface area contributed by atoms with Crippen molar-refractivity contribution in [3.63, 3.8) is 0 Å². The largest absolute Gasteiger partial charge is 0.379 e. The minimum Gasteiger partial charge on any atom is -0.379 e. The predicted octanol–water partition coefficient (Wildman–Crippen LogP) is 2.45. The Hall–Kier alpha value is -0.850. The number of rotatable bonds is 9. The number of unbranched alkanes of at least 4 members (excludes halogenated alkanes) is 1. The lowest BCUT2D eigenvalue weighted by atomic mass is 9.80. The Balaban J connectivity index is 1.47. The minimum absolute atomic E-state index is 0.250. The average molecular weight is 394 g/mol. The van der Waals surface area contributed by atoms with Gasteiger partial charge in [-0.3, -0.25) is 9.89 Å². The maximum absolute atomic E-state index is 5.61. The second kappa shape index (κ2) is 12.0. The summed E-state index contributed by atoms with van der Waals surface area (Å²) >= 11 is 0.